The molecule has 1 rings (SSSR count). The van der Waals surface area contributed by atoms with Crippen molar-refractivity contribution in [2.45, 2.75) is 38.9 Å². The van der Waals surface area contributed by atoms with E-state index in [1.165, 1.54) is 12.8 Å². The second-order valence-electron chi connectivity index (χ2n) is 3.15. The number of ether oxygens (including phenoxy) is 1. The van der Waals surface area contributed by atoms with Crippen molar-refractivity contribution >= 4 is 0 Å². The highest BCUT2D eigenvalue weighted by Gasteiger charge is 2.13. The van der Waals surface area contributed by atoms with E-state index in [1.807, 2.05) is 0 Å². The minimum atomic E-state index is 0.380. The first-order valence-corrected chi connectivity index (χ1v) is 4.15. The van der Waals surface area contributed by atoms with Crippen LogP contribution in [0.5, 0.6) is 0 Å². The lowest BCUT2D eigenvalue weighted by Crippen LogP contribution is -2.36. The minimum Gasteiger partial charge on any atom is -0.374 e. The van der Waals surface area contributed by atoms with E-state index in [1.54, 1.807) is 0 Å². The molecule has 1 aliphatic heterocycles. The molecule has 0 spiro atoms. The van der Waals surface area contributed by atoms with Crippen LogP contribution in [-0.4, -0.2) is 25.3 Å². The van der Waals surface area contributed by atoms with Crippen molar-refractivity contribution in [1.82, 2.24) is 5.32 Å². The zero-order chi connectivity index (χ0) is 7.40. The van der Waals surface area contributed by atoms with Gasteiger partial charge in [-0.1, -0.05) is 0 Å². The van der Waals surface area contributed by atoms with E-state index in [-0.39, 0.29) is 0 Å². The maximum absolute atomic E-state index is 5.63. The Hall–Kier alpha value is -0.0800. The van der Waals surface area contributed by atoms with Crippen LogP contribution in [0.25, 0.3) is 0 Å². The highest BCUT2D eigenvalue weighted by molar-refractivity contribution is 4.69. The van der Waals surface area contributed by atoms with Crippen molar-refractivity contribution in [2.24, 2.45) is 0 Å². The lowest BCUT2D eigenvalue weighted by atomic mass is 10.1. The summed E-state index contributed by atoms with van der Waals surface area (Å²) in [5.41, 5.74) is 0. The molecule has 1 atom stereocenters. The average Bonchev–Trinajstić information content (AvgIpc) is 1.88. The first-order valence-electron chi connectivity index (χ1n) is 4.15. The molecule has 0 radical (unpaired) electrons. The van der Waals surface area contributed by atoms with Gasteiger partial charge in [-0.15, -0.1) is 0 Å². The van der Waals surface area contributed by atoms with Crippen LogP contribution in [0.1, 0.15) is 26.7 Å². The molecule has 2 heteroatoms. The van der Waals surface area contributed by atoms with Gasteiger partial charge in [0.05, 0.1) is 12.2 Å². The fourth-order valence-corrected chi connectivity index (χ4v) is 1.32. The van der Waals surface area contributed by atoms with E-state index >= 15 is 0 Å². The molecule has 1 heterocycles. The quantitative estimate of drug-likeness (QED) is 0.626. The van der Waals surface area contributed by atoms with Crippen LogP contribution in [0, 0.1) is 0 Å². The second-order valence-corrected chi connectivity index (χ2v) is 3.15. The normalized spacial score (nSPS) is 27.3. The molecule has 0 saturated carbocycles. The fourth-order valence-electron chi connectivity index (χ4n) is 1.32. The van der Waals surface area contributed by atoms with Crippen molar-refractivity contribution < 1.29 is 4.74 Å². The summed E-state index contributed by atoms with van der Waals surface area (Å²) in [6.07, 6.45) is 3.33. The molecule has 0 aliphatic carbocycles. The van der Waals surface area contributed by atoms with E-state index in [0.29, 0.717) is 12.2 Å². The molecule has 0 aromatic heterocycles. The molecule has 0 aromatic rings. The van der Waals surface area contributed by atoms with E-state index in [9.17, 15) is 0 Å². The molecule has 1 aliphatic rings. The first kappa shape index (κ1) is 8.02. The number of rotatable bonds is 2. The molecule has 60 valence electrons. The van der Waals surface area contributed by atoms with Gasteiger partial charge < -0.3 is 10.1 Å². The molecule has 1 fully saturated rings. The van der Waals surface area contributed by atoms with Crippen LogP contribution in [0.4, 0.5) is 0 Å². The lowest BCUT2D eigenvalue weighted by Gasteiger charge is -2.24. The molecule has 0 amide bonds. The van der Waals surface area contributed by atoms with E-state index in [0.717, 1.165) is 13.1 Å². The van der Waals surface area contributed by atoms with E-state index in [2.05, 4.69) is 19.2 Å². The van der Waals surface area contributed by atoms with Crippen LogP contribution >= 0.6 is 0 Å². The molecule has 0 aromatic carbocycles. The highest BCUT2D eigenvalue weighted by atomic mass is 16.5. The summed E-state index contributed by atoms with van der Waals surface area (Å²) < 4.78 is 5.63. The molecule has 1 N–H and O–H groups in total. The third-order valence-corrected chi connectivity index (χ3v) is 1.72. The van der Waals surface area contributed by atoms with Gasteiger partial charge in [0.1, 0.15) is 0 Å². The van der Waals surface area contributed by atoms with Gasteiger partial charge in [0.25, 0.3) is 0 Å². The topological polar surface area (TPSA) is 21.3 Å². The SMILES string of the molecule is CC(C)OC1CCCNC1. The van der Waals surface area contributed by atoms with E-state index < -0.39 is 0 Å². The van der Waals surface area contributed by atoms with Crippen LogP contribution in [0.2, 0.25) is 0 Å². The maximum Gasteiger partial charge on any atom is 0.0703 e. The largest absolute Gasteiger partial charge is 0.374 e. The van der Waals surface area contributed by atoms with Crippen LogP contribution in [-0.2, 0) is 4.74 Å². The van der Waals surface area contributed by atoms with Crippen LogP contribution in [0.3, 0.4) is 0 Å². The Balaban J connectivity index is 2.13. The smallest absolute Gasteiger partial charge is 0.0703 e. The predicted octanol–water partition coefficient (Wildman–Crippen LogP) is 1.16. The Labute approximate surface area is 63.0 Å². The first-order chi connectivity index (χ1) is 4.79. The van der Waals surface area contributed by atoms with Gasteiger partial charge in [-0.25, -0.2) is 0 Å². The van der Waals surface area contributed by atoms with Crippen molar-refractivity contribution in [1.29, 1.82) is 0 Å². The van der Waals surface area contributed by atoms with Crippen LogP contribution in [0.15, 0.2) is 0 Å². The van der Waals surface area contributed by atoms with Gasteiger partial charge in [-0.3, -0.25) is 0 Å². The Morgan fingerprint density at radius 1 is 1.50 bits per heavy atom. The molecule has 1 saturated heterocycles. The zero-order valence-corrected chi connectivity index (χ0v) is 6.89. The van der Waals surface area contributed by atoms with Gasteiger partial charge in [0.15, 0.2) is 0 Å². The third kappa shape index (κ3) is 2.67. The third-order valence-electron chi connectivity index (χ3n) is 1.72. The summed E-state index contributed by atoms with van der Waals surface area (Å²) in [6, 6.07) is 0. The summed E-state index contributed by atoms with van der Waals surface area (Å²) in [5.74, 6) is 0. The molecule has 0 bridgehead atoms. The Kier molecular flexibility index (Phi) is 3.16. The number of piperidine rings is 1. The van der Waals surface area contributed by atoms with Gasteiger partial charge in [0.2, 0.25) is 0 Å². The average molecular weight is 143 g/mol. The number of nitrogens with one attached hydrogen (secondary N) is 1. The summed E-state index contributed by atoms with van der Waals surface area (Å²) in [6.45, 7) is 6.39. The number of hydrogen-bond donors (Lipinski definition) is 1. The molecule has 1 unspecified atom stereocenters. The molecule has 10 heavy (non-hydrogen) atoms. The Morgan fingerprint density at radius 2 is 2.30 bits per heavy atom. The fraction of sp³-hybridized carbons (Fsp3) is 1.00. The number of hydrogen-bond acceptors (Lipinski definition) is 2. The van der Waals surface area contributed by atoms with Crippen molar-refractivity contribution in [3.05, 3.63) is 0 Å². The van der Waals surface area contributed by atoms with Gasteiger partial charge in [-0.2, -0.15) is 0 Å². The summed E-state index contributed by atoms with van der Waals surface area (Å²) in [5, 5.41) is 3.32. The monoisotopic (exact) mass is 143 g/mol. The molecular formula is C8H17NO. The van der Waals surface area contributed by atoms with E-state index in [4.69, 9.17) is 4.74 Å². The van der Waals surface area contributed by atoms with Gasteiger partial charge in [0, 0.05) is 6.54 Å². The molecule has 2 nitrogen and oxygen atoms in total. The lowest BCUT2D eigenvalue weighted by molar-refractivity contribution is -0.00426. The second kappa shape index (κ2) is 3.94. The standard InChI is InChI=1S/C8H17NO/c1-7(2)10-8-4-3-5-9-6-8/h7-9H,3-6H2,1-2H3. The Bertz CT molecular complexity index is 87.3. The summed E-state index contributed by atoms with van der Waals surface area (Å²) in [7, 11) is 0. The molecular weight excluding hydrogens is 126 g/mol. The Morgan fingerprint density at radius 3 is 2.80 bits per heavy atom. The highest BCUT2D eigenvalue weighted by Crippen LogP contribution is 2.07. The van der Waals surface area contributed by atoms with Crippen LogP contribution < -0.4 is 5.32 Å². The maximum atomic E-state index is 5.63. The predicted molar refractivity (Wildman–Crippen MR) is 42.1 cm³/mol. The summed E-state index contributed by atoms with van der Waals surface area (Å²) in [4.78, 5) is 0. The van der Waals surface area contributed by atoms with Gasteiger partial charge in [-0.05, 0) is 33.2 Å². The van der Waals surface area contributed by atoms with Crippen molar-refractivity contribution in [3.63, 3.8) is 0 Å². The van der Waals surface area contributed by atoms with Crippen molar-refractivity contribution in [3.8, 4) is 0 Å². The van der Waals surface area contributed by atoms with Gasteiger partial charge >= 0.3 is 0 Å². The summed E-state index contributed by atoms with van der Waals surface area (Å²) >= 11 is 0. The zero-order valence-electron chi connectivity index (χ0n) is 6.89. The minimum absolute atomic E-state index is 0.380. The van der Waals surface area contributed by atoms with Crippen molar-refractivity contribution in [2.75, 3.05) is 13.1 Å².